The lowest BCUT2D eigenvalue weighted by molar-refractivity contribution is -0.150. The summed E-state index contributed by atoms with van der Waals surface area (Å²) >= 11 is 3.57. The number of benzene rings is 3. The van der Waals surface area contributed by atoms with Crippen LogP contribution in [0.5, 0.6) is 0 Å². The van der Waals surface area contributed by atoms with Gasteiger partial charge in [-0.25, -0.2) is 0 Å². The molecule has 1 saturated heterocycles. The first-order valence-corrected chi connectivity index (χ1v) is 19.6. The predicted molar refractivity (Wildman–Crippen MR) is 185 cm³/mol. The van der Waals surface area contributed by atoms with Crippen LogP contribution in [0.3, 0.4) is 0 Å². The van der Waals surface area contributed by atoms with Gasteiger partial charge >= 0.3 is 0 Å². The highest BCUT2D eigenvalue weighted by atomic mass is 79.9. The fourth-order valence-electron chi connectivity index (χ4n) is 7.05. The molecule has 3 aromatic carbocycles. The zero-order valence-electron chi connectivity index (χ0n) is 27.0. The van der Waals surface area contributed by atoms with E-state index in [1.165, 1.54) is 6.92 Å². The quantitative estimate of drug-likeness (QED) is 0.213. The van der Waals surface area contributed by atoms with E-state index in [1.807, 2.05) is 80.7 Å². The van der Waals surface area contributed by atoms with Gasteiger partial charge in [0.05, 0.1) is 31.4 Å². The van der Waals surface area contributed by atoms with E-state index in [-0.39, 0.29) is 37.9 Å². The number of fused-ring (bicyclic) bond motifs is 2. The van der Waals surface area contributed by atoms with Crippen LogP contribution in [-0.2, 0) is 37.8 Å². The number of aliphatic hydroxyl groups is 2. The van der Waals surface area contributed by atoms with Crippen molar-refractivity contribution in [3.05, 3.63) is 94.0 Å². The molecule has 2 heterocycles. The van der Waals surface area contributed by atoms with Gasteiger partial charge in [-0.3, -0.25) is 14.4 Å². The summed E-state index contributed by atoms with van der Waals surface area (Å²) in [5.41, 5.74) is 1.77. The highest BCUT2D eigenvalue weighted by Crippen LogP contribution is 2.60. The molecule has 47 heavy (non-hydrogen) atoms. The number of nitrogens with zero attached hydrogens (tertiary/aromatic N) is 2. The van der Waals surface area contributed by atoms with E-state index in [2.05, 4.69) is 21.2 Å². The van der Waals surface area contributed by atoms with Gasteiger partial charge in [0.2, 0.25) is 5.91 Å². The maximum Gasteiger partial charge on any atom is 0.264 e. The Labute approximate surface area is 284 Å². The van der Waals surface area contributed by atoms with Crippen LogP contribution in [0.4, 0.5) is 11.4 Å². The minimum Gasteiger partial charge on any atom is -0.432 e. The number of nitrogens with one attached hydrogen (secondary N) is 1. The lowest BCUT2D eigenvalue weighted by Crippen LogP contribution is -2.46. The summed E-state index contributed by atoms with van der Waals surface area (Å²) in [4.78, 5) is 55.3. The van der Waals surface area contributed by atoms with Crippen molar-refractivity contribution in [2.24, 2.45) is 5.92 Å². The molecule has 250 valence electrons. The van der Waals surface area contributed by atoms with Crippen LogP contribution in [-0.4, -0.2) is 71.3 Å². The second kappa shape index (κ2) is 14.0. The molecular formula is C35H42BrN3O7Si. The van der Waals surface area contributed by atoms with Crippen molar-refractivity contribution >= 4 is 53.3 Å². The van der Waals surface area contributed by atoms with Gasteiger partial charge < -0.3 is 34.9 Å². The largest absolute Gasteiger partial charge is 0.432 e. The van der Waals surface area contributed by atoms with Crippen molar-refractivity contribution in [3.63, 3.8) is 0 Å². The van der Waals surface area contributed by atoms with Gasteiger partial charge in [0.1, 0.15) is 6.10 Å². The van der Waals surface area contributed by atoms with Crippen LogP contribution in [0, 0.1) is 5.92 Å². The third-order valence-electron chi connectivity index (χ3n) is 9.20. The summed E-state index contributed by atoms with van der Waals surface area (Å²) in [7, 11) is -3.01. The molecule has 0 aliphatic carbocycles. The number of carbonyl (C=O) groups is 3. The second-order valence-corrected chi connectivity index (χ2v) is 17.9. The number of ether oxygens (including phenoxy) is 1. The predicted octanol–water partition coefficient (Wildman–Crippen LogP) is 4.52. The van der Waals surface area contributed by atoms with Crippen LogP contribution >= 0.6 is 15.9 Å². The maximum atomic E-state index is 14.7. The average molecular weight is 725 g/mol. The summed E-state index contributed by atoms with van der Waals surface area (Å²) in [5, 5.41) is 21.9. The molecule has 4 N–H and O–H groups in total. The fraction of sp³-hybridized carbons (Fsp3) is 0.400. The molecule has 2 aliphatic heterocycles. The van der Waals surface area contributed by atoms with Crippen LogP contribution in [0.25, 0.3) is 0 Å². The maximum absolute atomic E-state index is 14.7. The second-order valence-electron chi connectivity index (χ2n) is 13.0. The van der Waals surface area contributed by atoms with Crippen LogP contribution < -0.4 is 10.2 Å². The number of anilines is 2. The first kappa shape index (κ1) is 34.9. The third kappa shape index (κ3) is 7.08. The van der Waals surface area contributed by atoms with Gasteiger partial charge in [0.25, 0.3) is 11.8 Å². The Kier molecular flexibility index (Phi) is 10.4. The van der Waals surface area contributed by atoms with Gasteiger partial charge in [0, 0.05) is 40.3 Å². The number of halogens is 1. The Balaban J connectivity index is 1.46. The first-order valence-electron chi connectivity index (χ1n) is 15.8. The zero-order valence-corrected chi connectivity index (χ0v) is 29.6. The minimum atomic E-state index is -3.01. The lowest BCUT2D eigenvalue weighted by atomic mass is 9.82. The Bertz CT molecular complexity index is 1620. The molecule has 0 aromatic heterocycles. The molecule has 0 unspecified atom stereocenters. The normalized spacial score (nSPS) is 22.8. The Hall–Kier alpha value is -3.39. The van der Waals surface area contributed by atoms with Crippen LogP contribution in [0.15, 0.2) is 77.3 Å². The van der Waals surface area contributed by atoms with Crippen LogP contribution in [0.2, 0.25) is 18.6 Å². The van der Waals surface area contributed by atoms with Crippen molar-refractivity contribution in [1.29, 1.82) is 0 Å². The smallest absolute Gasteiger partial charge is 0.264 e. The van der Waals surface area contributed by atoms with Crippen molar-refractivity contribution < 1.29 is 34.1 Å². The van der Waals surface area contributed by atoms with Crippen molar-refractivity contribution in [1.82, 2.24) is 4.90 Å². The summed E-state index contributed by atoms with van der Waals surface area (Å²) in [6.07, 6.45) is -1.92. The van der Waals surface area contributed by atoms with Gasteiger partial charge in [-0.1, -0.05) is 65.3 Å². The number of hydrogen-bond acceptors (Lipinski definition) is 7. The third-order valence-corrected chi connectivity index (χ3v) is 12.2. The van der Waals surface area contributed by atoms with Crippen LogP contribution in [0.1, 0.15) is 37.0 Å². The molecule has 2 aliphatic rings. The Morgan fingerprint density at radius 2 is 1.77 bits per heavy atom. The number of rotatable bonds is 11. The van der Waals surface area contributed by atoms with E-state index in [0.717, 1.165) is 15.6 Å². The van der Waals surface area contributed by atoms with Gasteiger partial charge in [-0.05, 0) is 61.5 Å². The van der Waals surface area contributed by atoms with Gasteiger partial charge in [-0.2, -0.15) is 0 Å². The number of hydrogen-bond donors (Lipinski definition) is 4. The van der Waals surface area contributed by atoms with E-state index >= 15 is 0 Å². The standard InChI is InChI=1S/C35H42BrN3O7Si/c1-22-32(47(3,4)45)30(19-31(42)38(16-17-40)20-24-8-6-5-7-9-24)46-35(22)28-18-26(36)12-15-29(28)39(34(35)44)21-25-10-13-27(14-11-25)37-33(43)23(2)41/h5-15,18,22-23,30,32,40-41,45H,16-17,19-21H2,1-4H3,(H,37,43)/t22-,23-,30+,32-,35+/m0/s1. The lowest BCUT2D eigenvalue weighted by Gasteiger charge is -2.32. The van der Waals surface area contributed by atoms with E-state index in [0.29, 0.717) is 23.5 Å². The van der Waals surface area contributed by atoms with Crippen molar-refractivity contribution in [2.75, 3.05) is 23.4 Å². The molecule has 12 heteroatoms. The Morgan fingerprint density at radius 1 is 1.09 bits per heavy atom. The van der Waals surface area contributed by atoms with Gasteiger partial charge in [0.15, 0.2) is 13.9 Å². The molecule has 0 bridgehead atoms. The molecule has 1 fully saturated rings. The fourth-order valence-corrected chi connectivity index (χ4v) is 9.96. The molecule has 10 nitrogen and oxygen atoms in total. The van der Waals surface area contributed by atoms with E-state index in [9.17, 15) is 29.4 Å². The number of carbonyl (C=O) groups excluding carboxylic acids is 3. The van der Waals surface area contributed by atoms with Crippen molar-refractivity contribution in [2.45, 2.75) is 69.8 Å². The topological polar surface area (TPSA) is 140 Å². The number of aliphatic hydroxyl groups excluding tert-OH is 2. The molecule has 5 atom stereocenters. The van der Waals surface area contributed by atoms with E-state index < -0.39 is 43.5 Å². The van der Waals surface area contributed by atoms with E-state index in [1.54, 1.807) is 21.9 Å². The van der Waals surface area contributed by atoms with Crippen molar-refractivity contribution in [3.8, 4) is 0 Å². The summed E-state index contributed by atoms with van der Waals surface area (Å²) in [6, 6.07) is 22.2. The van der Waals surface area contributed by atoms with E-state index in [4.69, 9.17) is 4.74 Å². The molecule has 0 radical (unpaired) electrons. The SMILES string of the molecule is C[C@H](O)C(=O)Nc1ccc(CN2C(=O)[C@]3(O[C@H](CC(=O)N(CCO)Cc4ccccc4)[C@@H]([Si](C)(C)O)[C@@H]3C)c3cc(Br)ccc32)cc1. The Morgan fingerprint density at radius 3 is 2.38 bits per heavy atom. The molecule has 0 saturated carbocycles. The first-order chi connectivity index (χ1) is 22.3. The van der Waals surface area contributed by atoms with Gasteiger partial charge in [-0.15, -0.1) is 0 Å². The average Bonchev–Trinajstić information content (AvgIpc) is 3.44. The number of amides is 3. The highest BCUT2D eigenvalue weighted by molar-refractivity contribution is 9.10. The summed E-state index contributed by atoms with van der Waals surface area (Å²) in [5.74, 6) is -1.45. The molecular weight excluding hydrogens is 682 g/mol. The molecule has 1 spiro atoms. The molecule has 5 rings (SSSR count). The summed E-state index contributed by atoms with van der Waals surface area (Å²) in [6.45, 7) is 7.46. The molecule has 3 aromatic rings. The monoisotopic (exact) mass is 723 g/mol. The highest BCUT2D eigenvalue weighted by Gasteiger charge is 2.66. The summed E-state index contributed by atoms with van der Waals surface area (Å²) < 4.78 is 7.61. The zero-order chi connectivity index (χ0) is 34.1. The minimum absolute atomic E-state index is 0.0448. The molecule has 3 amide bonds.